The fraction of sp³-hybridized carbons (Fsp3) is 0.429. The fourth-order valence-electron chi connectivity index (χ4n) is 0.809. The van der Waals surface area contributed by atoms with E-state index in [0.29, 0.717) is 6.42 Å². The summed E-state index contributed by atoms with van der Waals surface area (Å²) in [6.45, 7) is 1.85. The molecular formula is C7H10N2O2S. The van der Waals surface area contributed by atoms with Gasteiger partial charge in [0.25, 0.3) is 0 Å². The molecule has 0 aromatic carbocycles. The lowest BCUT2D eigenvalue weighted by molar-refractivity contribution is -0.138. The van der Waals surface area contributed by atoms with Crippen LogP contribution in [0.25, 0.3) is 0 Å². The third-order valence-electron chi connectivity index (χ3n) is 1.57. The normalized spacial score (nSPS) is 12.8. The van der Waals surface area contributed by atoms with Gasteiger partial charge in [-0.1, -0.05) is 0 Å². The zero-order valence-corrected chi connectivity index (χ0v) is 7.47. The Morgan fingerprint density at radius 2 is 2.58 bits per heavy atom. The van der Waals surface area contributed by atoms with Crippen LogP contribution in [0.4, 0.5) is 0 Å². The zero-order chi connectivity index (χ0) is 9.14. The topological polar surface area (TPSA) is 76.2 Å². The molecule has 0 aliphatic carbocycles. The van der Waals surface area contributed by atoms with Crippen LogP contribution in [0.1, 0.15) is 10.6 Å². The molecule has 12 heavy (non-hydrogen) atoms. The maximum Gasteiger partial charge on any atom is 0.320 e. The third-order valence-corrected chi connectivity index (χ3v) is 2.52. The van der Waals surface area contributed by atoms with E-state index in [1.165, 1.54) is 11.3 Å². The Labute approximate surface area is 74.0 Å². The molecule has 1 unspecified atom stereocenters. The average Bonchev–Trinajstić information content (AvgIpc) is 2.36. The summed E-state index contributed by atoms with van der Waals surface area (Å²) in [5.41, 5.74) is 7.92. The summed E-state index contributed by atoms with van der Waals surface area (Å²) in [5.74, 6) is -0.970. The summed E-state index contributed by atoms with van der Waals surface area (Å²) in [7, 11) is 0. The largest absolute Gasteiger partial charge is 0.480 e. The maximum absolute atomic E-state index is 10.4. The van der Waals surface area contributed by atoms with Crippen LogP contribution in [-0.4, -0.2) is 22.1 Å². The predicted octanol–water partition coefficient (Wildman–Crippen LogP) is 0.406. The standard InChI is InChI=1S/C7H10N2O2S/c1-4-6(12-3-9-4)2-5(8)7(10)11/h3,5H,2,8H2,1H3,(H,10,11). The number of hydrogen-bond donors (Lipinski definition) is 2. The number of carbonyl (C=O) groups is 1. The average molecular weight is 186 g/mol. The highest BCUT2D eigenvalue weighted by atomic mass is 32.1. The number of nitrogens with zero attached hydrogens (tertiary/aromatic N) is 1. The highest BCUT2D eigenvalue weighted by Gasteiger charge is 2.14. The molecule has 5 heteroatoms. The Bertz CT molecular complexity index is 285. The first kappa shape index (κ1) is 9.15. The molecule has 0 saturated carbocycles. The number of carboxylic acid groups (broad SMARTS) is 1. The molecule has 4 nitrogen and oxygen atoms in total. The minimum Gasteiger partial charge on any atom is -0.480 e. The van der Waals surface area contributed by atoms with E-state index in [2.05, 4.69) is 4.98 Å². The lowest BCUT2D eigenvalue weighted by Gasteiger charge is -2.03. The van der Waals surface area contributed by atoms with Crippen molar-refractivity contribution in [3.05, 3.63) is 16.1 Å². The number of carboxylic acids is 1. The molecule has 1 atom stereocenters. The Balaban J connectivity index is 2.64. The second kappa shape index (κ2) is 3.64. The van der Waals surface area contributed by atoms with E-state index < -0.39 is 12.0 Å². The van der Waals surface area contributed by atoms with Gasteiger partial charge in [-0.05, 0) is 6.92 Å². The van der Waals surface area contributed by atoms with Crippen molar-refractivity contribution in [3.8, 4) is 0 Å². The molecule has 0 fully saturated rings. The summed E-state index contributed by atoms with van der Waals surface area (Å²) in [6, 6.07) is -0.816. The highest BCUT2D eigenvalue weighted by molar-refractivity contribution is 7.09. The van der Waals surface area contributed by atoms with Crippen molar-refractivity contribution in [2.24, 2.45) is 5.73 Å². The summed E-state index contributed by atoms with van der Waals surface area (Å²) in [4.78, 5) is 15.3. The monoisotopic (exact) mass is 186 g/mol. The van der Waals surface area contributed by atoms with Crippen molar-refractivity contribution in [2.45, 2.75) is 19.4 Å². The molecule has 66 valence electrons. The summed E-state index contributed by atoms with van der Waals surface area (Å²) in [5, 5.41) is 8.53. The number of rotatable bonds is 3. The van der Waals surface area contributed by atoms with Crippen molar-refractivity contribution >= 4 is 17.3 Å². The summed E-state index contributed by atoms with van der Waals surface area (Å²) >= 11 is 1.44. The quantitative estimate of drug-likeness (QED) is 0.716. The molecule has 3 N–H and O–H groups in total. The second-order valence-corrected chi connectivity index (χ2v) is 3.45. The number of thiazole rings is 1. The molecule has 1 aromatic rings. The third kappa shape index (κ3) is 2.02. The predicted molar refractivity (Wildman–Crippen MR) is 46.2 cm³/mol. The number of aromatic nitrogens is 1. The van der Waals surface area contributed by atoms with Crippen LogP contribution in [0.3, 0.4) is 0 Å². The molecule has 1 aromatic heterocycles. The van der Waals surface area contributed by atoms with E-state index >= 15 is 0 Å². The molecule has 0 aliphatic heterocycles. The lowest BCUT2D eigenvalue weighted by atomic mass is 10.2. The summed E-state index contributed by atoms with van der Waals surface area (Å²) in [6.07, 6.45) is 0.367. The molecule has 1 heterocycles. The van der Waals surface area contributed by atoms with Gasteiger partial charge in [0.15, 0.2) is 0 Å². The van der Waals surface area contributed by atoms with Gasteiger partial charge in [0, 0.05) is 11.3 Å². The number of aryl methyl sites for hydroxylation is 1. The Morgan fingerprint density at radius 3 is 3.00 bits per heavy atom. The number of aliphatic carboxylic acids is 1. The number of nitrogens with two attached hydrogens (primary N) is 1. The second-order valence-electron chi connectivity index (χ2n) is 2.51. The van der Waals surface area contributed by atoms with Gasteiger partial charge in [0.1, 0.15) is 6.04 Å². The van der Waals surface area contributed by atoms with Crippen LogP contribution in [-0.2, 0) is 11.2 Å². The van der Waals surface area contributed by atoms with Gasteiger partial charge in [-0.15, -0.1) is 11.3 Å². The first-order valence-corrected chi connectivity index (χ1v) is 4.36. The first-order chi connectivity index (χ1) is 5.61. The van der Waals surface area contributed by atoms with Crippen molar-refractivity contribution in [1.82, 2.24) is 4.98 Å². The van der Waals surface area contributed by atoms with Gasteiger partial charge < -0.3 is 10.8 Å². The lowest BCUT2D eigenvalue weighted by Crippen LogP contribution is -2.32. The summed E-state index contributed by atoms with van der Waals surface area (Å²) < 4.78 is 0. The van der Waals surface area contributed by atoms with Crippen LogP contribution in [0.15, 0.2) is 5.51 Å². The van der Waals surface area contributed by atoms with E-state index in [9.17, 15) is 4.79 Å². The van der Waals surface area contributed by atoms with Crippen LogP contribution in [0, 0.1) is 6.92 Å². The van der Waals surface area contributed by atoms with Crippen molar-refractivity contribution in [1.29, 1.82) is 0 Å². The van der Waals surface area contributed by atoms with E-state index in [4.69, 9.17) is 10.8 Å². The molecule has 0 aliphatic rings. The molecule has 0 spiro atoms. The molecule has 0 saturated heterocycles. The van der Waals surface area contributed by atoms with Crippen molar-refractivity contribution in [3.63, 3.8) is 0 Å². The SMILES string of the molecule is Cc1ncsc1CC(N)C(=O)O. The minimum atomic E-state index is -0.970. The van der Waals surface area contributed by atoms with Gasteiger partial charge >= 0.3 is 5.97 Å². The van der Waals surface area contributed by atoms with Gasteiger partial charge in [-0.3, -0.25) is 4.79 Å². The highest BCUT2D eigenvalue weighted by Crippen LogP contribution is 2.13. The van der Waals surface area contributed by atoms with Gasteiger partial charge in [0.05, 0.1) is 11.2 Å². The Kier molecular flexibility index (Phi) is 2.78. The van der Waals surface area contributed by atoms with E-state index in [1.807, 2.05) is 6.92 Å². The van der Waals surface area contributed by atoms with Crippen molar-refractivity contribution < 1.29 is 9.90 Å². The van der Waals surface area contributed by atoms with Crippen LogP contribution in [0.5, 0.6) is 0 Å². The molecular weight excluding hydrogens is 176 g/mol. The molecule has 0 bridgehead atoms. The van der Waals surface area contributed by atoms with E-state index in [0.717, 1.165) is 10.6 Å². The van der Waals surface area contributed by atoms with Gasteiger partial charge in [-0.25, -0.2) is 4.98 Å². The maximum atomic E-state index is 10.4. The van der Waals surface area contributed by atoms with Gasteiger partial charge in [-0.2, -0.15) is 0 Å². The zero-order valence-electron chi connectivity index (χ0n) is 6.65. The molecule has 0 radical (unpaired) electrons. The first-order valence-electron chi connectivity index (χ1n) is 3.48. The smallest absolute Gasteiger partial charge is 0.320 e. The van der Waals surface area contributed by atoms with Crippen LogP contribution >= 0.6 is 11.3 Å². The molecule has 0 amide bonds. The van der Waals surface area contributed by atoms with Crippen LogP contribution in [0.2, 0.25) is 0 Å². The van der Waals surface area contributed by atoms with Crippen molar-refractivity contribution in [2.75, 3.05) is 0 Å². The molecule has 1 rings (SSSR count). The van der Waals surface area contributed by atoms with E-state index in [-0.39, 0.29) is 0 Å². The fourth-order valence-corrected chi connectivity index (χ4v) is 1.65. The van der Waals surface area contributed by atoms with Crippen LogP contribution < -0.4 is 5.73 Å². The van der Waals surface area contributed by atoms with E-state index in [1.54, 1.807) is 5.51 Å². The minimum absolute atomic E-state index is 0.367. The number of hydrogen-bond acceptors (Lipinski definition) is 4. The Morgan fingerprint density at radius 1 is 1.92 bits per heavy atom. The Hall–Kier alpha value is -0.940. The van der Waals surface area contributed by atoms with Gasteiger partial charge in [0.2, 0.25) is 0 Å².